The van der Waals surface area contributed by atoms with Gasteiger partial charge in [0, 0.05) is 12.7 Å². The van der Waals surface area contributed by atoms with E-state index in [0.717, 1.165) is 12.0 Å². The largest absolute Gasteiger partial charge is 0.369 e. The lowest BCUT2D eigenvalue weighted by Crippen LogP contribution is -2.37. The normalized spacial score (nSPS) is 11.6. The highest BCUT2D eigenvalue weighted by Crippen LogP contribution is 1.94. The molecular formula is C6H12N6. The van der Waals surface area contributed by atoms with Crippen LogP contribution >= 0.6 is 0 Å². The number of nitrogens with two attached hydrogens (primary N) is 2. The number of nitrogens with zero attached hydrogens (tertiary/aromatic N) is 2. The molecule has 0 radical (unpaired) electrons. The van der Waals surface area contributed by atoms with E-state index in [1.807, 2.05) is 6.20 Å². The van der Waals surface area contributed by atoms with Crippen molar-refractivity contribution in [1.82, 2.24) is 15.6 Å². The number of rotatable bonds is 3. The fourth-order valence-corrected chi connectivity index (χ4v) is 0.765. The highest BCUT2D eigenvalue weighted by Gasteiger charge is 1.92. The smallest absolute Gasteiger partial charge is 0.203 e. The average molecular weight is 168 g/mol. The molecule has 6 N–H and O–H groups in total. The molecule has 6 nitrogen and oxygen atoms in total. The van der Waals surface area contributed by atoms with E-state index in [1.54, 1.807) is 6.20 Å². The van der Waals surface area contributed by atoms with Gasteiger partial charge in [0.2, 0.25) is 5.96 Å². The van der Waals surface area contributed by atoms with Gasteiger partial charge in [-0.15, -0.1) is 0 Å². The summed E-state index contributed by atoms with van der Waals surface area (Å²) in [6, 6.07) is 0. The lowest BCUT2D eigenvalue weighted by atomic mass is 10.3. The Labute approximate surface area is 70.0 Å². The number of hydrazine groups is 1. The van der Waals surface area contributed by atoms with E-state index in [2.05, 4.69) is 20.6 Å². The minimum absolute atomic E-state index is 0.249. The molecule has 1 rings (SSSR count). The number of aliphatic imine (C=N–C) groups is 1. The van der Waals surface area contributed by atoms with Crippen molar-refractivity contribution in [3.05, 3.63) is 18.0 Å². The maximum absolute atomic E-state index is 5.30. The molecule has 0 bridgehead atoms. The van der Waals surface area contributed by atoms with E-state index >= 15 is 0 Å². The molecule has 0 atom stereocenters. The molecule has 12 heavy (non-hydrogen) atoms. The monoisotopic (exact) mass is 168 g/mol. The van der Waals surface area contributed by atoms with Crippen molar-refractivity contribution >= 4 is 5.96 Å². The first-order valence-electron chi connectivity index (χ1n) is 3.57. The van der Waals surface area contributed by atoms with E-state index in [4.69, 9.17) is 11.6 Å². The second-order valence-electron chi connectivity index (χ2n) is 2.27. The molecule has 0 saturated carbocycles. The molecule has 0 aliphatic heterocycles. The van der Waals surface area contributed by atoms with Gasteiger partial charge in [-0.2, -0.15) is 5.10 Å². The van der Waals surface area contributed by atoms with Crippen LogP contribution in [0, 0.1) is 0 Å². The average Bonchev–Trinajstić information content (AvgIpc) is 2.57. The van der Waals surface area contributed by atoms with Gasteiger partial charge < -0.3 is 5.73 Å². The molecule has 0 amide bonds. The van der Waals surface area contributed by atoms with Gasteiger partial charge in [-0.25, -0.2) is 5.84 Å². The third kappa shape index (κ3) is 2.59. The van der Waals surface area contributed by atoms with Gasteiger partial charge in [0.05, 0.1) is 6.20 Å². The summed E-state index contributed by atoms with van der Waals surface area (Å²) in [5.74, 6) is 5.26. The molecule has 0 aliphatic carbocycles. The van der Waals surface area contributed by atoms with Crippen LogP contribution in [0.5, 0.6) is 0 Å². The molecule has 1 heterocycles. The van der Waals surface area contributed by atoms with Crippen LogP contribution in [0.4, 0.5) is 0 Å². The topological polar surface area (TPSA) is 105 Å². The summed E-state index contributed by atoms with van der Waals surface area (Å²) in [4.78, 5) is 3.93. The van der Waals surface area contributed by atoms with Gasteiger partial charge in [-0.05, 0) is 12.0 Å². The minimum Gasteiger partial charge on any atom is -0.369 e. The van der Waals surface area contributed by atoms with Gasteiger partial charge in [-0.1, -0.05) is 0 Å². The van der Waals surface area contributed by atoms with Crippen molar-refractivity contribution in [2.75, 3.05) is 6.54 Å². The van der Waals surface area contributed by atoms with Crippen LogP contribution in [-0.2, 0) is 6.42 Å². The first-order chi connectivity index (χ1) is 5.83. The van der Waals surface area contributed by atoms with Crippen LogP contribution in [0.2, 0.25) is 0 Å². The third-order valence-electron chi connectivity index (χ3n) is 1.39. The summed E-state index contributed by atoms with van der Waals surface area (Å²) in [6.45, 7) is 0.607. The highest BCUT2D eigenvalue weighted by molar-refractivity contribution is 5.77. The molecular weight excluding hydrogens is 156 g/mol. The predicted octanol–water partition coefficient (Wildman–Crippen LogP) is -1.27. The zero-order valence-electron chi connectivity index (χ0n) is 6.62. The standard InChI is InChI=1S/C6H12N6/c7-6(12-8)9-2-1-5-3-10-11-4-5/h3-4H,1-2,8H2,(H,10,11)(H3,7,9,12). The first-order valence-corrected chi connectivity index (χ1v) is 3.57. The fourth-order valence-electron chi connectivity index (χ4n) is 0.765. The second kappa shape index (κ2) is 4.35. The summed E-state index contributed by atoms with van der Waals surface area (Å²) < 4.78 is 0. The molecule has 1 aromatic rings. The van der Waals surface area contributed by atoms with E-state index < -0.39 is 0 Å². The number of nitrogens with one attached hydrogen (secondary N) is 2. The quantitative estimate of drug-likeness (QED) is 0.195. The Morgan fingerprint density at radius 3 is 3.17 bits per heavy atom. The van der Waals surface area contributed by atoms with Crippen LogP contribution in [0.3, 0.4) is 0 Å². The van der Waals surface area contributed by atoms with Gasteiger partial charge in [0.15, 0.2) is 0 Å². The Morgan fingerprint density at radius 1 is 1.75 bits per heavy atom. The highest BCUT2D eigenvalue weighted by atomic mass is 15.3. The number of aromatic amines is 1. The molecule has 0 spiro atoms. The Morgan fingerprint density at radius 2 is 2.58 bits per heavy atom. The Kier molecular flexibility index (Phi) is 3.09. The number of H-pyrrole nitrogens is 1. The first kappa shape index (κ1) is 8.54. The molecule has 6 heteroatoms. The van der Waals surface area contributed by atoms with E-state index in [0.29, 0.717) is 6.54 Å². The number of aromatic nitrogens is 2. The Hall–Kier alpha value is -1.56. The van der Waals surface area contributed by atoms with Crippen molar-refractivity contribution < 1.29 is 0 Å². The van der Waals surface area contributed by atoms with Gasteiger partial charge in [-0.3, -0.25) is 15.5 Å². The molecule has 66 valence electrons. The summed E-state index contributed by atoms with van der Waals surface area (Å²) in [5, 5.41) is 6.51. The SMILES string of the molecule is NNC(N)=NCCc1cn[nH]c1. The van der Waals surface area contributed by atoms with Crippen molar-refractivity contribution in [3.8, 4) is 0 Å². The zero-order valence-corrected chi connectivity index (χ0v) is 6.62. The zero-order chi connectivity index (χ0) is 8.81. The van der Waals surface area contributed by atoms with E-state index in [9.17, 15) is 0 Å². The maximum atomic E-state index is 5.30. The summed E-state index contributed by atoms with van der Waals surface area (Å²) in [6.07, 6.45) is 4.38. The second-order valence-corrected chi connectivity index (χ2v) is 2.27. The summed E-state index contributed by atoms with van der Waals surface area (Å²) >= 11 is 0. The number of hydrogen-bond acceptors (Lipinski definition) is 3. The van der Waals surface area contributed by atoms with Crippen molar-refractivity contribution in [3.63, 3.8) is 0 Å². The molecule has 0 unspecified atom stereocenters. The van der Waals surface area contributed by atoms with Crippen molar-refractivity contribution in [2.24, 2.45) is 16.6 Å². The van der Waals surface area contributed by atoms with Crippen LogP contribution in [-0.4, -0.2) is 22.7 Å². The Bertz CT molecular complexity index is 239. The lowest BCUT2D eigenvalue weighted by Gasteiger charge is -1.96. The molecule has 0 aromatic carbocycles. The van der Waals surface area contributed by atoms with Crippen LogP contribution in [0.25, 0.3) is 0 Å². The van der Waals surface area contributed by atoms with Crippen molar-refractivity contribution in [1.29, 1.82) is 0 Å². The van der Waals surface area contributed by atoms with Crippen molar-refractivity contribution in [2.45, 2.75) is 6.42 Å². The summed E-state index contributed by atoms with van der Waals surface area (Å²) in [7, 11) is 0. The van der Waals surface area contributed by atoms with Crippen LogP contribution in [0.1, 0.15) is 5.56 Å². The maximum Gasteiger partial charge on any atom is 0.203 e. The van der Waals surface area contributed by atoms with E-state index in [-0.39, 0.29) is 5.96 Å². The number of guanidine groups is 1. The fraction of sp³-hybridized carbons (Fsp3) is 0.333. The molecule has 0 aliphatic rings. The van der Waals surface area contributed by atoms with Gasteiger partial charge in [0.25, 0.3) is 0 Å². The molecule has 1 aromatic heterocycles. The predicted molar refractivity (Wildman–Crippen MR) is 46.1 cm³/mol. The lowest BCUT2D eigenvalue weighted by molar-refractivity contribution is 0.924. The summed E-state index contributed by atoms with van der Waals surface area (Å²) in [5.41, 5.74) is 8.65. The minimum atomic E-state index is 0.249. The van der Waals surface area contributed by atoms with Gasteiger partial charge in [0.1, 0.15) is 0 Å². The number of hydrogen-bond donors (Lipinski definition) is 4. The Balaban J connectivity index is 2.28. The third-order valence-corrected chi connectivity index (χ3v) is 1.39. The molecule has 0 saturated heterocycles. The molecule has 0 fully saturated rings. The van der Waals surface area contributed by atoms with E-state index in [1.165, 1.54) is 0 Å². The van der Waals surface area contributed by atoms with Crippen LogP contribution < -0.4 is 17.0 Å². The van der Waals surface area contributed by atoms with Crippen LogP contribution in [0.15, 0.2) is 17.4 Å². The van der Waals surface area contributed by atoms with Gasteiger partial charge >= 0.3 is 0 Å².